The number of para-hydroxylation sites is 2. The molecule has 2 amide bonds. The van der Waals surface area contributed by atoms with E-state index < -0.39 is 6.04 Å². The van der Waals surface area contributed by atoms with E-state index in [0.717, 1.165) is 5.01 Å². The molecule has 0 aliphatic carbocycles. The Balaban J connectivity index is 1.84. The van der Waals surface area contributed by atoms with E-state index in [1.807, 2.05) is 56.3 Å². The SMILES string of the molecule is CCOc1ccccc1N(C(=O)c1sc(C)nc1C)[C@@H](C(=O)NCc1ccco1)c1ccccc1. The molecule has 7 nitrogen and oxygen atoms in total. The zero-order valence-electron chi connectivity index (χ0n) is 19.9. The van der Waals surface area contributed by atoms with Gasteiger partial charge in [0.05, 0.1) is 35.8 Å². The van der Waals surface area contributed by atoms with E-state index in [-0.39, 0.29) is 18.4 Å². The molecule has 0 saturated heterocycles. The standard InChI is InChI=1S/C27H27N3O4S/c1-4-33-23-15-9-8-14-22(23)30(27(32)25-18(2)29-19(3)35-25)24(20-11-6-5-7-12-20)26(31)28-17-21-13-10-16-34-21/h5-16,24H,4,17H2,1-3H3,(H,28,31)/t24-/m1/s1. The minimum Gasteiger partial charge on any atom is -0.492 e. The van der Waals surface area contributed by atoms with Crippen molar-refractivity contribution in [2.24, 2.45) is 0 Å². The van der Waals surface area contributed by atoms with Crippen LogP contribution in [-0.2, 0) is 11.3 Å². The van der Waals surface area contributed by atoms with Gasteiger partial charge < -0.3 is 14.5 Å². The number of carbonyl (C=O) groups excluding carboxylic acids is 2. The fraction of sp³-hybridized carbons (Fsp3) is 0.222. The third-order valence-corrected chi connectivity index (χ3v) is 6.44. The van der Waals surface area contributed by atoms with Crippen LogP contribution in [-0.4, -0.2) is 23.4 Å². The van der Waals surface area contributed by atoms with Gasteiger partial charge in [0.15, 0.2) is 0 Å². The molecule has 0 bridgehead atoms. The summed E-state index contributed by atoms with van der Waals surface area (Å²) in [6.45, 7) is 6.15. The molecule has 0 aliphatic rings. The van der Waals surface area contributed by atoms with Crippen LogP contribution in [0.1, 0.15) is 44.7 Å². The predicted octanol–water partition coefficient (Wildman–Crippen LogP) is 5.46. The Morgan fingerprint density at radius 1 is 1.06 bits per heavy atom. The lowest BCUT2D eigenvalue weighted by Gasteiger charge is -2.32. The molecule has 0 unspecified atom stereocenters. The van der Waals surface area contributed by atoms with Gasteiger partial charge in [0, 0.05) is 0 Å². The molecule has 4 aromatic rings. The quantitative estimate of drug-likeness (QED) is 0.338. The second-order valence-corrected chi connectivity index (χ2v) is 9.04. The molecule has 4 rings (SSSR count). The number of aromatic nitrogens is 1. The van der Waals surface area contributed by atoms with Crippen molar-refractivity contribution < 1.29 is 18.7 Å². The average molecular weight is 490 g/mol. The molecule has 2 heterocycles. The fourth-order valence-electron chi connectivity index (χ4n) is 3.88. The van der Waals surface area contributed by atoms with Crippen LogP contribution in [0, 0.1) is 13.8 Å². The van der Waals surface area contributed by atoms with E-state index in [0.29, 0.717) is 39.9 Å². The van der Waals surface area contributed by atoms with Gasteiger partial charge in [-0.1, -0.05) is 42.5 Å². The maximum atomic E-state index is 14.1. The van der Waals surface area contributed by atoms with Gasteiger partial charge in [0.25, 0.3) is 5.91 Å². The molecule has 0 spiro atoms. The molecule has 0 fully saturated rings. The van der Waals surface area contributed by atoms with E-state index in [2.05, 4.69) is 10.3 Å². The monoisotopic (exact) mass is 489 g/mol. The Hall–Kier alpha value is -3.91. The fourth-order valence-corrected chi connectivity index (χ4v) is 4.73. The summed E-state index contributed by atoms with van der Waals surface area (Å²) in [5.74, 6) is 0.474. The van der Waals surface area contributed by atoms with Crippen LogP contribution in [0.25, 0.3) is 0 Å². The lowest BCUT2D eigenvalue weighted by molar-refractivity contribution is -0.122. The molecule has 2 aromatic heterocycles. The van der Waals surface area contributed by atoms with Gasteiger partial charge >= 0.3 is 0 Å². The van der Waals surface area contributed by atoms with Crippen molar-refractivity contribution in [3.63, 3.8) is 0 Å². The van der Waals surface area contributed by atoms with Gasteiger partial charge in [-0.3, -0.25) is 14.5 Å². The van der Waals surface area contributed by atoms with E-state index in [4.69, 9.17) is 9.15 Å². The Morgan fingerprint density at radius 2 is 1.80 bits per heavy atom. The molecule has 0 saturated carbocycles. The number of ether oxygens (including phenoxy) is 1. The van der Waals surface area contributed by atoms with Gasteiger partial charge in [-0.2, -0.15) is 0 Å². The zero-order valence-corrected chi connectivity index (χ0v) is 20.7. The maximum absolute atomic E-state index is 14.1. The average Bonchev–Trinajstić information content (AvgIpc) is 3.51. The van der Waals surface area contributed by atoms with E-state index in [1.165, 1.54) is 16.2 Å². The first-order chi connectivity index (χ1) is 17.0. The first kappa shape index (κ1) is 24.2. The molecule has 1 atom stereocenters. The van der Waals surface area contributed by atoms with Crippen molar-refractivity contribution in [2.45, 2.75) is 33.4 Å². The third kappa shape index (κ3) is 5.44. The molecule has 2 aromatic carbocycles. The molecule has 35 heavy (non-hydrogen) atoms. The highest BCUT2D eigenvalue weighted by Crippen LogP contribution is 2.37. The number of anilines is 1. The first-order valence-electron chi connectivity index (χ1n) is 11.3. The van der Waals surface area contributed by atoms with Crippen molar-refractivity contribution >= 4 is 28.8 Å². The number of benzene rings is 2. The Labute approximate surface area is 208 Å². The highest BCUT2D eigenvalue weighted by atomic mass is 32.1. The van der Waals surface area contributed by atoms with Gasteiger partial charge in [-0.15, -0.1) is 11.3 Å². The van der Waals surface area contributed by atoms with E-state index in [1.54, 1.807) is 37.5 Å². The van der Waals surface area contributed by atoms with Crippen LogP contribution >= 0.6 is 11.3 Å². The van der Waals surface area contributed by atoms with Gasteiger partial charge in [0.1, 0.15) is 22.4 Å². The number of aryl methyl sites for hydroxylation is 2. The van der Waals surface area contributed by atoms with Crippen molar-refractivity contribution in [1.29, 1.82) is 0 Å². The minimum atomic E-state index is -0.956. The van der Waals surface area contributed by atoms with Crippen LogP contribution in [0.5, 0.6) is 5.75 Å². The Morgan fingerprint density at radius 3 is 2.46 bits per heavy atom. The molecule has 180 valence electrons. The second-order valence-electron chi connectivity index (χ2n) is 7.83. The van der Waals surface area contributed by atoms with Crippen LogP contribution in [0.4, 0.5) is 5.69 Å². The molecule has 0 aliphatic heterocycles. The minimum absolute atomic E-state index is 0.197. The summed E-state index contributed by atoms with van der Waals surface area (Å²) in [6, 6.07) is 19.1. The van der Waals surface area contributed by atoms with Gasteiger partial charge in [0.2, 0.25) is 5.91 Å². The van der Waals surface area contributed by atoms with Crippen molar-refractivity contribution in [3.05, 3.63) is 99.9 Å². The van der Waals surface area contributed by atoms with E-state index in [9.17, 15) is 9.59 Å². The van der Waals surface area contributed by atoms with Crippen LogP contribution < -0.4 is 15.0 Å². The highest BCUT2D eigenvalue weighted by molar-refractivity contribution is 7.13. The zero-order chi connectivity index (χ0) is 24.8. The molecular formula is C27H27N3O4S. The summed E-state index contributed by atoms with van der Waals surface area (Å²) in [5.41, 5.74) is 1.80. The largest absolute Gasteiger partial charge is 0.492 e. The molecule has 8 heteroatoms. The van der Waals surface area contributed by atoms with E-state index >= 15 is 0 Å². The molecule has 0 radical (unpaired) electrons. The number of nitrogens with one attached hydrogen (secondary N) is 1. The number of amides is 2. The summed E-state index contributed by atoms with van der Waals surface area (Å²) < 4.78 is 11.3. The number of carbonyl (C=O) groups is 2. The summed E-state index contributed by atoms with van der Waals surface area (Å²) in [7, 11) is 0. The maximum Gasteiger partial charge on any atom is 0.271 e. The number of furan rings is 1. The highest BCUT2D eigenvalue weighted by Gasteiger charge is 2.36. The predicted molar refractivity (Wildman–Crippen MR) is 136 cm³/mol. The number of rotatable bonds is 9. The second kappa shape index (κ2) is 11.0. The lowest BCUT2D eigenvalue weighted by atomic mass is 10.0. The van der Waals surface area contributed by atoms with Crippen molar-refractivity contribution in [2.75, 3.05) is 11.5 Å². The Bertz CT molecular complexity index is 1290. The number of hydrogen-bond acceptors (Lipinski definition) is 6. The normalized spacial score (nSPS) is 11.6. The summed E-state index contributed by atoms with van der Waals surface area (Å²) in [4.78, 5) is 34.3. The van der Waals surface area contributed by atoms with Crippen LogP contribution in [0.2, 0.25) is 0 Å². The lowest BCUT2D eigenvalue weighted by Crippen LogP contribution is -2.44. The Kier molecular flexibility index (Phi) is 7.62. The number of nitrogens with zero attached hydrogens (tertiary/aromatic N) is 2. The summed E-state index contributed by atoms with van der Waals surface area (Å²) in [5, 5.41) is 3.71. The van der Waals surface area contributed by atoms with Gasteiger partial charge in [-0.25, -0.2) is 4.98 Å². The summed E-state index contributed by atoms with van der Waals surface area (Å²) in [6.07, 6.45) is 1.55. The third-order valence-electron chi connectivity index (χ3n) is 5.38. The van der Waals surface area contributed by atoms with Crippen LogP contribution in [0.3, 0.4) is 0 Å². The topological polar surface area (TPSA) is 84.7 Å². The smallest absolute Gasteiger partial charge is 0.271 e. The van der Waals surface area contributed by atoms with Gasteiger partial charge in [-0.05, 0) is 50.6 Å². The summed E-state index contributed by atoms with van der Waals surface area (Å²) >= 11 is 1.31. The van der Waals surface area contributed by atoms with Crippen molar-refractivity contribution in [3.8, 4) is 5.75 Å². The van der Waals surface area contributed by atoms with Crippen molar-refractivity contribution in [1.82, 2.24) is 10.3 Å². The number of thiazole rings is 1. The molecular weight excluding hydrogens is 462 g/mol. The first-order valence-corrected chi connectivity index (χ1v) is 12.2. The molecule has 1 N–H and O–H groups in total. The number of hydrogen-bond donors (Lipinski definition) is 1. The van der Waals surface area contributed by atoms with Crippen LogP contribution in [0.15, 0.2) is 77.4 Å².